The number of halogens is 2. The zero-order valence-electron chi connectivity index (χ0n) is 7.93. The first-order valence-electron chi connectivity index (χ1n) is 4.01. The molecule has 2 nitrogen and oxygen atoms in total. The highest BCUT2D eigenvalue weighted by Gasteiger charge is 2.07. The highest BCUT2D eigenvalue weighted by molar-refractivity contribution is 6.36. The summed E-state index contributed by atoms with van der Waals surface area (Å²) in [5.41, 5.74) is 4.75. The van der Waals surface area contributed by atoms with Gasteiger partial charge in [-0.05, 0) is 26.3 Å². The normalized spacial score (nSPS) is 12.2. The molecule has 0 N–H and O–H groups in total. The molecule has 0 fully saturated rings. The molecular formula is C9H12Cl2N2. The first-order chi connectivity index (χ1) is 6.06. The molecule has 0 amide bonds. The minimum atomic E-state index is 0.547. The van der Waals surface area contributed by atoms with Crippen LogP contribution in [0.4, 0.5) is 0 Å². The Morgan fingerprint density at radius 2 is 2.08 bits per heavy atom. The zero-order valence-corrected chi connectivity index (χ0v) is 9.45. The van der Waals surface area contributed by atoms with Crippen molar-refractivity contribution in [3.8, 4) is 0 Å². The summed E-state index contributed by atoms with van der Waals surface area (Å²) in [4.78, 5) is 0. The maximum Gasteiger partial charge on any atom is 0.0778 e. The molecule has 0 atom stereocenters. The molecule has 0 aliphatic heterocycles. The minimum Gasteiger partial charge on any atom is -0.264 e. The van der Waals surface area contributed by atoms with Crippen molar-refractivity contribution in [2.75, 3.05) is 0 Å². The van der Waals surface area contributed by atoms with E-state index in [9.17, 15) is 0 Å². The van der Waals surface area contributed by atoms with Gasteiger partial charge in [0.1, 0.15) is 0 Å². The van der Waals surface area contributed by atoms with Crippen molar-refractivity contribution in [1.29, 1.82) is 0 Å². The Labute approximate surface area is 88.1 Å². The number of aryl methyl sites for hydroxylation is 1. The number of allylic oxidation sites excluding steroid dienone is 1. The van der Waals surface area contributed by atoms with Crippen molar-refractivity contribution in [2.45, 2.75) is 27.3 Å². The highest BCUT2D eigenvalue weighted by atomic mass is 35.5. The van der Waals surface area contributed by atoms with Crippen LogP contribution in [-0.2, 0) is 6.54 Å². The molecule has 0 unspecified atom stereocenters. The Bertz CT molecular complexity index is 340. The van der Waals surface area contributed by atoms with Crippen LogP contribution in [0.5, 0.6) is 0 Å². The fourth-order valence-electron chi connectivity index (χ4n) is 1.12. The Morgan fingerprint density at radius 3 is 2.46 bits per heavy atom. The monoisotopic (exact) mass is 218 g/mol. The van der Waals surface area contributed by atoms with Crippen LogP contribution >= 0.6 is 23.2 Å². The third-order valence-corrected chi connectivity index (χ3v) is 2.77. The van der Waals surface area contributed by atoms with Crippen LogP contribution < -0.4 is 0 Å². The molecule has 1 rings (SSSR count). The average molecular weight is 219 g/mol. The second-order valence-corrected chi connectivity index (χ2v) is 3.71. The summed E-state index contributed by atoms with van der Waals surface area (Å²) in [6.07, 6.45) is 0. The summed E-state index contributed by atoms with van der Waals surface area (Å²) in [6, 6.07) is 0. The van der Waals surface area contributed by atoms with Crippen molar-refractivity contribution >= 4 is 23.2 Å². The number of hydrogen-bond acceptors (Lipinski definition) is 1. The van der Waals surface area contributed by atoms with E-state index < -0.39 is 0 Å². The van der Waals surface area contributed by atoms with Crippen LogP contribution in [-0.4, -0.2) is 9.78 Å². The van der Waals surface area contributed by atoms with Gasteiger partial charge in [0, 0.05) is 11.2 Å². The van der Waals surface area contributed by atoms with Crippen molar-refractivity contribution in [3.63, 3.8) is 0 Å². The van der Waals surface area contributed by atoms with E-state index in [-0.39, 0.29) is 0 Å². The summed E-state index contributed by atoms with van der Waals surface area (Å²) in [6.45, 7) is 6.60. The molecular weight excluding hydrogens is 207 g/mol. The Kier molecular flexibility index (Phi) is 3.40. The lowest BCUT2D eigenvalue weighted by Gasteiger charge is -2.01. The van der Waals surface area contributed by atoms with E-state index in [0.29, 0.717) is 11.6 Å². The quantitative estimate of drug-likeness (QED) is 0.747. The van der Waals surface area contributed by atoms with E-state index in [4.69, 9.17) is 23.2 Å². The van der Waals surface area contributed by atoms with Crippen LogP contribution in [0.2, 0.25) is 0 Å². The molecule has 0 aliphatic carbocycles. The molecule has 13 heavy (non-hydrogen) atoms. The standard InChI is InChI=1S/C9H12Cl2N2/c1-6-7(2)12-13(8(6)3)5-9(11)4-10/h4H,5H2,1-3H3/b9-4-. The molecule has 1 aromatic rings. The molecule has 0 saturated carbocycles. The highest BCUT2D eigenvalue weighted by Crippen LogP contribution is 2.14. The minimum absolute atomic E-state index is 0.547. The predicted molar refractivity (Wildman–Crippen MR) is 56.2 cm³/mol. The lowest BCUT2D eigenvalue weighted by Crippen LogP contribution is -2.02. The Balaban J connectivity index is 2.96. The molecule has 0 saturated heterocycles. The predicted octanol–water partition coefficient (Wildman–Crippen LogP) is 3.13. The van der Waals surface area contributed by atoms with Crippen molar-refractivity contribution in [1.82, 2.24) is 9.78 Å². The van der Waals surface area contributed by atoms with Gasteiger partial charge in [0.15, 0.2) is 0 Å². The second-order valence-electron chi connectivity index (χ2n) is 3.01. The van der Waals surface area contributed by atoms with Gasteiger partial charge >= 0.3 is 0 Å². The lowest BCUT2D eigenvalue weighted by atomic mass is 10.2. The van der Waals surface area contributed by atoms with Crippen LogP contribution in [0.25, 0.3) is 0 Å². The summed E-state index contributed by atoms with van der Waals surface area (Å²) < 4.78 is 1.85. The molecule has 0 radical (unpaired) electrons. The number of hydrogen-bond donors (Lipinski definition) is 0. The van der Waals surface area contributed by atoms with E-state index in [1.165, 1.54) is 11.1 Å². The van der Waals surface area contributed by atoms with Crippen LogP contribution in [0.1, 0.15) is 17.0 Å². The molecule has 4 heteroatoms. The van der Waals surface area contributed by atoms with E-state index in [1.54, 1.807) is 0 Å². The van der Waals surface area contributed by atoms with E-state index in [0.717, 1.165) is 11.4 Å². The molecule has 1 aromatic heterocycles. The third kappa shape index (κ3) is 2.26. The maximum atomic E-state index is 5.80. The lowest BCUT2D eigenvalue weighted by molar-refractivity contribution is 0.665. The van der Waals surface area contributed by atoms with E-state index in [2.05, 4.69) is 5.10 Å². The van der Waals surface area contributed by atoms with Gasteiger partial charge < -0.3 is 0 Å². The second kappa shape index (κ2) is 4.16. The van der Waals surface area contributed by atoms with Crippen molar-refractivity contribution in [3.05, 3.63) is 27.5 Å². The SMILES string of the molecule is Cc1nn(C/C(Cl)=C/Cl)c(C)c1C. The van der Waals surface area contributed by atoms with Gasteiger partial charge in [-0.25, -0.2) is 0 Å². The van der Waals surface area contributed by atoms with Crippen LogP contribution in [0, 0.1) is 20.8 Å². The summed E-state index contributed by atoms with van der Waals surface area (Å²) in [7, 11) is 0. The largest absolute Gasteiger partial charge is 0.264 e. The molecule has 0 bridgehead atoms. The Morgan fingerprint density at radius 1 is 1.46 bits per heavy atom. The van der Waals surface area contributed by atoms with Crippen molar-refractivity contribution < 1.29 is 0 Å². The molecule has 72 valence electrons. The van der Waals surface area contributed by atoms with Gasteiger partial charge in [-0.1, -0.05) is 23.2 Å². The van der Waals surface area contributed by atoms with Gasteiger partial charge in [0.05, 0.1) is 17.3 Å². The first kappa shape index (κ1) is 10.6. The van der Waals surface area contributed by atoms with Gasteiger partial charge in [-0.3, -0.25) is 4.68 Å². The number of aromatic nitrogens is 2. The maximum absolute atomic E-state index is 5.80. The van der Waals surface area contributed by atoms with Gasteiger partial charge in [0.25, 0.3) is 0 Å². The summed E-state index contributed by atoms with van der Waals surface area (Å²) >= 11 is 11.3. The molecule has 0 spiro atoms. The fourth-order valence-corrected chi connectivity index (χ4v) is 1.30. The summed E-state index contributed by atoms with van der Waals surface area (Å²) in [5.74, 6) is 0. The first-order valence-corrected chi connectivity index (χ1v) is 4.83. The average Bonchev–Trinajstić information content (AvgIpc) is 2.34. The topological polar surface area (TPSA) is 17.8 Å². The zero-order chi connectivity index (χ0) is 10.0. The smallest absolute Gasteiger partial charge is 0.0778 e. The van der Waals surface area contributed by atoms with Gasteiger partial charge in [-0.2, -0.15) is 5.10 Å². The van der Waals surface area contributed by atoms with Crippen LogP contribution in [0.15, 0.2) is 10.6 Å². The summed E-state index contributed by atoms with van der Waals surface area (Å²) in [5, 5.41) is 4.92. The van der Waals surface area contributed by atoms with Crippen molar-refractivity contribution in [2.24, 2.45) is 0 Å². The Hall–Kier alpha value is -0.470. The van der Waals surface area contributed by atoms with Gasteiger partial charge in [0.2, 0.25) is 0 Å². The number of nitrogens with zero attached hydrogens (tertiary/aromatic N) is 2. The number of rotatable bonds is 2. The molecule has 0 aromatic carbocycles. The third-order valence-electron chi connectivity index (χ3n) is 2.16. The van der Waals surface area contributed by atoms with Gasteiger partial charge in [-0.15, -0.1) is 0 Å². The van der Waals surface area contributed by atoms with E-state index in [1.807, 2.05) is 25.5 Å². The molecule has 1 heterocycles. The van der Waals surface area contributed by atoms with Crippen LogP contribution in [0.3, 0.4) is 0 Å². The fraction of sp³-hybridized carbons (Fsp3) is 0.444. The molecule has 0 aliphatic rings. The van der Waals surface area contributed by atoms with E-state index >= 15 is 0 Å².